The van der Waals surface area contributed by atoms with Crippen molar-refractivity contribution in [2.75, 3.05) is 13.3 Å². The van der Waals surface area contributed by atoms with E-state index in [2.05, 4.69) is 50.6 Å². The maximum atomic E-state index is 14.8. The molecular weight excluding hydrogens is 737 g/mol. The van der Waals surface area contributed by atoms with Gasteiger partial charge < -0.3 is 14.1 Å². The number of rotatable bonds is 12. The first-order valence-electron chi connectivity index (χ1n) is 18.7. The van der Waals surface area contributed by atoms with Gasteiger partial charge in [0.15, 0.2) is 0 Å². The first-order valence-corrected chi connectivity index (χ1v) is 22.4. The largest absolute Gasteiger partial charge is 0.481 e. The number of hydrogen-bond donors (Lipinski definition) is 1. The van der Waals surface area contributed by atoms with Crippen molar-refractivity contribution in [1.29, 1.82) is 0 Å². The molecule has 0 bridgehead atoms. The predicted octanol–water partition coefficient (Wildman–Crippen LogP) is 10.5. The topological polar surface area (TPSA) is 85.7 Å². The molecule has 6 nitrogen and oxygen atoms in total. The number of fused-ring (bicyclic) bond motifs is 1. The third-order valence-electron chi connectivity index (χ3n) is 10.1. The summed E-state index contributed by atoms with van der Waals surface area (Å²) in [5, 5.41) is 13.8. The van der Waals surface area contributed by atoms with Crippen LogP contribution in [0.5, 0.6) is 0 Å². The lowest BCUT2D eigenvalue weighted by atomic mass is 9.92. The summed E-state index contributed by atoms with van der Waals surface area (Å²) in [6.45, 7) is 10.3. The molecule has 0 amide bonds. The van der Waals surface area contributed by atoms with Crippen LogP contribution in [0.1, 0.15) is 58.2 Å². The van der Waals surface area contributed by atoms with Crippen molar-refractivity contribution in [1.82, 2.24) is 4.98 Å². The quantitative estimate of drug-likeness (QED) is 0.0756. The third-order valence-corrected chi connectivity index (χ3v) is 17.1. The average Bonchev–Trinajstić information content (AvgIpc) is 3.19. The van der Waals surface area contributed by atoms with Crippen LogP contribution in [0.4, 0.5) is 4.39 Å². The zero-order valence-electron chi connectivity index (χ0n) is 32.6. The number of aromatic nitrogens is 1. The van der Waals surface area contributed by atoms with Crippen molar-refractivity contribution >= 4 is 42.8 Å². The maximum absolute atomic E-state index is 14.8. The van der Waals surface area contributed by atoms with Gasteiger partial charge in [-0.25, -0.2) is 4.39 Å². The van der Waals surface area contributed by atoms with E-state index in [1.807, 2.05) is 105 Å². The number of carboxylic acid groups (broad SMARTS) is 1. The van der Waals surface area contributed by atoms with E-state index in [0.717, 1.165) is 32.4 Å². The molecule has 1 heterocycles. The lowest BCUT2D eigenvalue weighted by Crippen LogP contribution is -2.68. The maximum Gasteiger partial charge on any atom is 0.305 e. The minimum atomic E-state index is -3.89. The molecule has 6 aromatic rings. The van der Waals surface area contributed by atoms with Crippen LogP contribution < -0.4 is 10.4 Å². The predicted molar refractivity (Wildman–Crippen MR) is 228 cm³/mol. The summed E-state index contributed by atoms with van der Waals surface area (Å²) in [4.78, 5) is 17.6. The van der Waals surface area contributed by atoms with Crippen LogP contribution in [-0.4, -0.2) is 43.8 Å². The van der Waals surface area contributed by atoms with Crippen molar-refractivity contribution in [3.63, 3.8) is 0 Å². The van der Waals surface area contributed by atoms with Crippen molar-refractivity contribution < 1.29 is 27.8 Å². The second-order valence-corrected chi connectivity index (χ2v) is 21.8. The molecule has 2 atom stereocenters. The van der Waals surface area contributed by atoms with E-state index < -0.39 is 39.2 Å². The van der Waals surface area contributed by atoms with Crippen LogP contribution >= 0.6 is 7.37 Å². The van der Waals surface area contributed by atoms with E-state index in [9.17, 15) is 18.9 Å². The van der Waals surface area contributed by atoms with Gasteiger partial charge in [0.1, 0.15) is 5.82 Å². The van der Waals surface area contributed by atoms with E-state index in [-0.39, 0.29) is 17.9 Å². The SMILES string of the molecule is COP(=O)(C#Cc1c(-c2ccc(F)cc2)cc(-c2cccc3ccccc23)nc1C(C)C)C[C@H](CC(=O)O)O[Si](c1ccccc1)(c1ccccc1)C(C)(C)C. The molecule has 0 saturated carbocycles. The number of aliphatic carboxylic acids is 1. The highest BCUT2D eigenvalue weighted by atomic mass is 31.2. The van der Waals surface area contributed by atoms with E-state index in [1.54, 1.807) is 12.1 Å². The van der Waals surface area contributed by atoms with Gasteiger partial charge in [0.2, 0.25) is 0 Å². The minimum Gasteiger partial charge on any atom is -0.481 e. The number of carboxylic acids is 1. The average molecular weight is 784 g/mol. The summed E-state index contributed by atoms with van der Waals surface area (Å²) in [6.07, 6.45) is -1.66. The molecule has 56 heavy (non-hydrogen) atoms. The van der Waals surface area contributed by atoms with Crippen LogP contribution in [0.15, 0.2) is 133 Å². The van der Waals surface area contributed by atoms with Gasteiger partial charge >= 0.3 is 5.97 Å². The Morgan fingerprint density at radius 3 is 2.00 bits per heavy atom. The minimum absolute atomic E-state index is 0.103. The van der Waals surface area contributed by atoms with Crippen molar-refractivity contribution in [2.45, 2.75) is 58.1 Å². The fourth-order valence-corrected chi connectivity index (χ4v) is 13.6. The van der Waals surface area contributed by atoms with Crippen molar-refractivity contribution in [3.8, 4) is 34.0 Å². The van der Waals surface area contributed by atoms with Crippen molar-refractivity contribution in [2.24, 2.45) is 0 Å². The molecule has 6 rings (SSSR count). The molecule has 0 aliphatic rings. The van der Waals surface area contributed by atoms with Gasteiger partial charge in [-0.15, -0.1) is 0 Å². The van der Waals surface area contributed by atoms with Gasteiger partial charge in [0.05, 0.1) is 35.6 Å². The highest BCUT2D eigenvalue weighted by Crippen LogP contribution is 2.48. The number of hydrogen-bond acceptors (Lipinski definition) is 5. The Hall–Kier alpha value is -5.16. The van der Waals surface area contributed by atoms with E-state index >= 15 is 0 Å². The molecule has 0 saturated heterocycles. The smallest absolute Gasteiger partial charge is 0.305 e. The molecule has 0 aliphatic carbocycles. The molecule has 1 unspecified atom stereocenters. The number of nitrogens with zero attached hydrogens (tertiary/aromatic N) is 1. The highest BCUT2D eigenvalue weighted by molar-refractivity contribution is 7.64. The summed E-state index contributed by atoms with van der Waals surface area (Å²) in [7, 11) is -5.80. The Morgan fingerprint density at radius 2 is 1.43 bits per heavy atom. The van der Waals surface area contributed by atoms with Gasteiger partial charge in [-0.2, -0.15) is 0 Å². The van der Waals surface area contributed by atoms with Gasteiger partial charge in [-0.05, 0) is 61.5 Å². The number of benzene rings is 5. The van der Waals surface area contributed by atoms with Gasteiger partial charge in [0, 0.05) is 18.2 Å². The lowest BCUT2D eigenvalue weighted by Gasteiger charge is -2.45. The van der Waals surface area contributed by atoms with Crippen LogP contribution in [0.25, 0.3) is 33.2 Å². The Labute approximate surface area is 330 Å². The molecule has 0 fully saturated rings. The van der Waals surface area contributed by atoms with E-state index in [1.165, 1.54) is 19.2 Å². The number of halogens is 1. The van der Waals surface area contributed by atoms with Gasteiger partial charge in [0.25, 0.3) is 15.7 Å². The number of pyridine rings is 1. The van der Waals surface area contributed by atoms with Crippen LogP contribution in [0.2, 0.25) is 5.04 Å². The Morgan fingerprint density at radius 1 is 0.839 bits per heavy atom. The van der Waals surface area contributed by atoms with Crippen LogP contribution in [-0.2, 0) is 18.3 Å². The fourth-order valence-electron chi connectivity index (χ4n) is 7.41. The van der Waals surface area contributed by atoms with Crippen LogP contribution in [0.3, 0.4) is 0 Å². The van der Waals surface area contributed by atoms with E-state index in [0.29, 0.717) is 22.4 Å². The molecule has 0 radical (unpaired) electrons. The molecule has 1 aromatic heterocycles. The standard InChI is InChI=1S/C47H47FNO5PSi/c1-33(2)46-42(43(35-24-26-36(48)27-25-35)31-44(49-46)41-23-15-17-34-16-13-14-22-40(34)41)28-29-55(52,53-6)32-37(30-45(50)51)54-56(47(3,4)5,38-18-9-7-10-19-38)39-20-11-8-12-21-39/h7-27,31,33,37H,30,32H2,1-6H3,(H,50,51)/t37-,55?/m0/s1. The van der Waals surface area contributed by atoms with Gasteiger partial charge in [-0.1, -0.05) is 156 Å². The third kappa shape index (κ3) is 8.62. The molecule has 286 valence electrons. The summed E-state index contributed by atoms with van der Waals surface area (Å²) < 4.78 is 42.0. The summed E-state index contributed by atoms with van der Waals surface area (Å²) in [5.41, 5.74) is 7.28. The van der Waals surface area contributed by atoms with Gasteiger partial charge in [-0.3, -0.25) is 14.3 Å². The number of carbonyl (C=O) groups is 1. The first kappa shape index (κ1) is 40.5. The van der Waals surface area contributed by atoms with Crippen molar-refractivity contribution in [3.05, 3.63) is 151 Å². The van der Waals surface area contributed by atoms with Crippen LogP contribution in [0, 0.1) is 17.4 Å². The highest BCUT2D eigenvalue weighted by Gasteiger charge is 2.52. The Bertz CT molecular complexity index is 2390. The molecular formula is C47H47FNO5PSi. The van der Waals surface area contributed by atoms with E-state index in [4.69, 9.17) is 13.9 Å². The lowest BCUT2D eigenvalue weighted by molar-refractivity contribution is -0.138. The summed E-state index contributed by atoms with van der Waals surface area (Å²) >= 11 is 0. The molecule has 5 aromatic carbocycles. The Kier molecular flexibility index (Phi) is 12.2. The summed E-state index contributed by atoms with van der Waals surface area (Å²) in [5.74, 6) is 1.65. The Balaban J connectivity index is 1.50. The monoisotopic (exact) mass is 783 g/mol. The fraction of sp³-hybridized carbons (Fsp3) is 0.234. The second kappa shape index (κ2) is 16.9. The molecule has 0 aliphatic heterocycles. The molecule has 1 N–H and O–H groups in total. The summed E-state index contributed by atoms with van der Waals surface area (Å²) in [6, 6.07) is 42.1. The zero-order chi connectivity index (χ0) is 40.1. The molecule has 9 heteroatoms. The second-order valence-electron chi connectivity index (χ2n) is 15.3. The zero-order valence-corrected chi connectivity index (χ0v) is 34.5. The molecule has 0 spiro atoms. The first-order chi connectivity index (χ1) is 26.7. The normalized spacial score (nSPS) is 13.5.